The number of aromatic nitrogens is 4. The van der Waals surface area contributed by atoms with Gasteiger partial charge < -0.3 is 9.88 Å². The monoisotopic (exact) mass is 527 g/mol. The molecular weight excluding hydrogens is 502 g/mol. The van der Waals surface area contributed by atoms with Crippen molar-refractivity contribution < 1.29 is 13.2 Å². The maximum Gasteiger partial charge on any atom is 0.258 e. The Bertz CT molecular complexity index is 1740. The van der Waals surface area contributed by atoms with Gasteiger partial charge in [-0.15, -0.1) is 6.42 Å². The summed E-state index contributed by atoms with van der Waals surface area (Å²) in [4.78, 5) is 43.3. The van der Waals surface area contributed by atoms with Crippen molar-refractivity contribution in [2.45, 2.75) is 31.1 Å². The maximum atomic E-state index is 13.2. The topological polar surface area (TPSA) is 126 Å². The summed E-state index contributed by atoms with van der Waals surface area (Å²) in [5, 5.41) is -0.884. The second kappa shape index (κ2) is 9.84. The summed E-state index contributed by atoms with van der Waals surface area (Å²) in [6, 6.07) is 10.1. The van der Waals surface area contributed by atoms with Gasteiger partial charge in [0.1, 0.15) is 11.5 Å². The lowest BCUT2D eigenvalue weighted by atomic mass is 10.0. The molecule has 4 aromatic rings. The molecule has 0 fully saturated rings. The van der Waals surface area contributed by atoms with Crippen LogP contribution in [-0.4, -0.2) is 46.9 Å². The van der Waals surface area contributed by atoms with Gasteiger partial charge in [0.2, 0.25) is 5.78 Å². The highest BCUT2D eigenvalue weighted by molar-refractivity contribution is 7.91. The van der Waals surface area contributed by atoms with Gasteiger partial charge in [-0.25, -0.2) is 13.4 Å². The molecule has 0 saturated heterocycles. The molecule has 9 nitrogen and oxygen atoms in total. The van der Waals surface area contributed by atoms with Crippen LogP contribution in [0.2, 0.25) is 0 Å². The minimum Gasteiger partial charge on any atom is -0.352 e. The predicted molar refractivity (Wildman–Crippen MR) is 145 cm³/mol. The molecule has 192 valence electrons. The lowest BCUT2D eigenvalue weighted by molar-refractivity contribution is 0.0982. The SMILES string of the molecule is C#CCN(c1ccc(C(=O)C(c2cccnc2)S(C)(=O)=O)nc1)[C@@H]1CCc2cc3nc(C)[nH]c(=O)c3cc21. The molecule has 3 aromatic heterocycles. The van der Waals surface area contributed by atoms with Crippen LogP contribution in [0, 0.1) is 19.3 Å². The Morgan fingerprint density at radius 1 is 1.26 bits per heavy atom. The van der Waals surface area contributed by atoms with Crippen molar-refractivity contribution in [3.8, 4) is 12.3 Å². The Morgan fingerprint density at radius 2 is 2.08 bits per heavy atom. The highest BCUT2D eigenvalue weighted by Crippen LogP contribution is 2.39. The van der Waals surface area contributed by atoms with Crippen LogP contribution in [-0.2, 0) is 16.3 Å². The van der Waals surface area contributed by atoms with Gasteiger partial charge in [-0.1, -0.05) is 12.0 Å². The fourth-order valence-electron chi connectivity index (χ4n) is 5.10. The van der Waals surface area contributed by atoms with E-state index in [-0.39, 0.29) is 29.4 Å². The second-order valence-corrected chi connectivity index (χ2v) is 11.5. The number of Topliss-reactive ketones (excluding diaryl/α,β-unsaturated/α-hetero) is 1. The number of carbonyl (C=O) groups is 1. The Hall–Kier alpha value is -4.36. The highest BCUT2D eigenvalue weighted by atomic mass is 32.2. The molecule has 10 heteroatoms. The van der Waals surface area contributed by atoms with Crippen LogP contribution in [0.15, 0.2) is 59.8 Å². The first-order valence-corrected chi connectivity index (χ1v) is 14.0. The van der Waals surface area contributed by atoms with Gasteiger partial charge in [-0.2, -0.15) is 0 Å². The smallest absolute Gasteiger partial charge is 0.258 e. The first-order chi connectivity index (χ1) is 18.2. The number of fused-ring (bicyclic) bond motifs is 2. The number of aryl methyl sites for hydroxylation is 2. The number of carbonyl (C=O) groups excluding carboxylic acids is 1. The first kappa shape index (κ1) is 25.3. The number of aromatic amines is 1. The first-order valence-electron chi connectivity index (χ1n) is 12.0. The minimum absolute atomic E-state index is 0.0273. The van der Waals surface area contributed by atoms with Crippen molar-refractivity contribution in [2.24, 2.45) is 0 Å². The highest BCUT2D eigenvalue weighted by Gasteiger charge is 2.33. The number of terminal acetylenes is 1. The molecule has 2 atom stereocenters. The van der Waals surface area contributed by atoms with Crippen LogP contribution in [0.4, 0.5) is 5.69 Å². The zero-order chi connectivity index (χ0) is 27.0. The van der Waals surface area contributed by atoms with Crippen molar-refractivity contribution in [1.82, 2.24) is 19.9 Å². The number of hydrogen-bond acceptors (Lipinski definition) is 8. The van der Waals surface area contributed by atoms with Crippen molar-refractivity contribution in [1.29, 1.82) is 0 Å². The number of sulfone groups is 1. The number of rotatable bonds is 7. The van der Waals surface area contributed by atoms with Crippen molar-refractivity contribution in [2.75, 3.05) is 17.7 Å². The summed E-state index contributed by atoms with van der Waals surface area (Å²) >= 11 is 0. The van der Waals surface area contributed by atoms with Crippen LogP contribution in [0.3, 0.4) is 0 Å². The lowest BCUT2D eigenvalue weighted by Crippen LogP contribution is -2.28. The summed E-state index contributed by atoms with van der Waals surface area (Å²) < 4.78 is 25.0. The Morgan fingerprint density at radius 3 is 2.74 bits per heavy atom. The van der Waals surface area contributed by atoms with E-state index >= 15 is 0 Å². The molecule has 3 heterocycles. The van der Waals surface area contributed by atoms with E-state index in [0.29, 0.717) is 22.4 Å². The number of nitrogens with zero attached hydrogens (tertiary/aromatic N) is 4. The summed E-state index contributed by atoms with van der Waals surface area (Å²) in [5.41, 5.74) is 3.57. The zero-order valence-electron chi connectivity index (χ0n) is 20.9. The van der Waals surface area contributed by atoms with E-state index in [1.807, 2.05) is 17.0 Å². The van der Waals surface area contributed by atoms with Gasteiger partial charge in [-0.3, -0.25) is 19.6 Å². The quantitative estimate of drug-likeness (QED) is 0.287. The van der Waals surface area contributed by atoms with Gasteiger partial charge in [0.15, 0.2) is 15.1 Å². The molecule has 1 aromatic carbocycles. The number of benzene rings is 1. The molecule has 0 saturated carbocycles. The average molecular weight is 528 g/mol. The third-order valence-corrected chi connectivity index (χ3v) is 8.10. The van der Waals surface area contributed by atoms with Crippen LogP contribution < -0.4 is 10.5 Å². The van der Waals surface area contributed by atoms with Gasteiger partial charge >= 0.3 is 0 Å². The molecule has 0 spiro atoms. The zero-order valence-corrected chi connectivity index (χ0v) is 21.7. The molecule has 1 unspecified atom stereocenters. The van der Waals surface area contributed by atoms with E-state index in [1.165, 1.54) is 24.7 Å². The van der Waals surface area contributed by atoms with E-state index < -0.39 is 20.9 Å². The van der Waals surface area contributed by atoms with Crippen molar-refractivity contribution >= 4 is 32.2 Å². The number of ketones is 1. The standard InChI is InChI=1S/C28H25N5O4S/c1-4-12-33(25-10-7-18-13-24-22(14-21(18)25)28(35)32-17(2)31-24)20-8-9-23(30-16-20)26(34)27(38(3,36)37)19-6-5-11-29-15-19/h1,5-6,8-9,11,13-16,25,27H,7,10,12H2,2-3H3,(H,31,32,35)/t25-,27?/m1/s1. The molecule has 1 aliphatic rings. The molecule has 1 aliphatic carbocycles. The Labute approximate surface area is 219 Å². The Balaban J connectivity index is 1.49. The van der Waals surface area contributed by atoms with Gasteiger partial charge in [0.25, 0.3) is 5.56 Å². The maximum absolute atomic E-state index is 13.2. The number of pyridine rings is 2. The molecule has 0 amide bonds. The molecule has 0 radical (unpaired) electrons. The van der Waals surface area contributed by atoms with E-state index in [9.17, 15) is 18.0 Å². The van der Waals surface area contributed by atoms with Gasteiger partial charge in [-0.05, 0) is 66.8 Å². The van der Waals surface area contributed by atoms with Crippen molar-refractivity contribution in [3.05, 3.63) is 93.6 Å². The van der Waals surface area contributed by atoms with Crippen LogP contribution in [0.5, 0.6) is 0 Å². The fraction of sp³-hybridized carbons (Fsp3) is 0.250. The number of H-pyrrole nitrogens is 1. The van der Waals surface area contributed by atoms with E-state index in [0.717, 1.165) is 30.2 Å². The molecule has 38 heavy (non-hydrogen) atoms. The normalized spacial score (nSPS) is 15.6. The van der Waals surface area contributed by atoms with Crippen LogP contribution in [0.1, 0.15) is 50.7 Å². The van der Waals surface area contributed by atoms with Gasteiger partial charge in [0.05, 0.1) is 35.4 Å². The third-order valence-electron chi connectivity index (χ3n) is 6.75. The molecule has 1 N–H and O–H groups in total. The van der Waals surface area contributed by atoms with Crippen molar-refractivity contribution in [3.63, 3.8) is 0 Å². The fourth-order valence-corrected chi connectivity index (χ4v) is 6.24. The molecular formula is C28H25N5O4S. The number of nitrogens with one attached hydrogen (secondary N) is 1. The third kappa shape index (κ3) is 4.68. The summed E-state index contributed by atoms with van der Waals surface area (Å²) in [7, 11) is -3.77. The summed E-state index contributed by atoms with van der Waals surface area (Å²) in [5.74, 6) is 2.63. The van der Waals surface area contributed by atoms with Gasteiger partial charge in [0, 0.05) is 18.6 Å². The predicted octanol–water partition coefficient (Wildman–Crippen LogP) is 3.12. The molecule has 5 rings (SSSR count). The molecule has 0 aliphatic heterocycles. The van der Waals surface area contributed by atoms with Crippen LogP contribution in [0.25, 0.3) is 10.9 Å². The lowest BCUT2D eigenvalue weighted by Gasteiger charge is -2.30. The summed E-state index contributed by atoms with van der Waals surface area (Å²) in [6.45, 7) is 2.03. The van der Waals surface area contributed by atoms with Crippen LogP contribution >= 0.6 is 0 Å². The summed E-state index contributed by atoms with van der Waals surface area (Å²) in [6.07, 6.45) is 12.7. The number of hydrogen-bond donors (Lipinski definition) is 1. The number of anilines is 1. The van der Waals surface area contributed by atoms with E-state index in [4.69, 9.17) is 6.42 Å². The van der Waals surface area contributed by atoms with E-state index in [2.05, 4.69) is 25.9 Å². The minimum atomic E-state index is -3.77. The largest absolute Gasteiger partial charge is 0.352 e. The second-order valence-electron chi connectivity index (χ2n) is 9.37. The molecule has 0 bridgehead atoms. The Kier molecular flexibility index (Phi) is 6.55. The average Bonchev–Trinajstić information content (AvgIpc) is 3.28. The van der Waals surface area contributed by atoms with E-state index in [1.54, 1.807) is 25.1 Å².